The molecule has 3 nitrogen and oxygen atoms in total. The fourth-order valence-electron chi connectivity index (χ4n) is 1.35. The summed E-state index contributed by atoms with van der Waals surface area (Å²) in [5, 5.41) is 0. The highest BCUT2D eigenvalue weighted by atomic mass is 16.5. The van der Waals surface area contributed by atoms with Crippen LogP contribution in [-0.2, 0) is 0 Å². The highest BCUT2D eigenvalue weighted by Crippen LogP contribution is 2.29. The first-order chi connectivity index (χ1) is 6.72. The molecule has 1 aromatic carbocycles. The van der Waals surface area contributed by atoms with E-state index in [0.29, 0.717) is 0 Å². The van der Waals surface area contributed by atoms with Crippen molar-refractivity contribution in [2.45, 2.75) is 19.4 Å². The maximum Gasteiger partial charge on any atom is 0.123 e. The first-order valence-electron chi connectivity index (χ1n) is 4.70. The topological polar surface area (TPSA) is 44.5 Å². The molecule has 0 aliphatic heterocycles. The van der Waals surface area contributed by atoms with Gasteiger partial charge in [-0.3, -0.25) is 0 Å². The van der Waals surface area contributed by atoms with Crippen LogP contribution in [0.15, 0.2) is 18.2 Å². The minimum atomic E-state index is 0.0000463. The molecule has 0 amide bonds. The predicted molar refractivity (Wildman–Crippen MR) is 56.8 cm³/mol. The molecular formula is C11H17NO2. The number of hydrogen-bond donors (Lipinski definition) is 1. The highest BCUT2D eigenvalue weighted by molar-refractivity contribution is 5.42. The Labute approximate surface area is 84.8 Å². The molecule has 1 rings (SSSR count). The van der Waals surface area contributed by atoms with Gasteiger partial charge in [-0.05, 0) is 24.6 Å². The van der Waals surface area contributed by atoms with E-state index < -0.39 is 0 Å². The summed E-state index contributed by atoms with van der Waals surface area (Å²) in [4.78, 5) is 0. The number of methoxy groups -OCH3 is 2. The Balaban J connectivity index is 3.08. The molecule has 2 N–H and O–H groups in total. The first kappa shape index (κ1) is 10.9. The van der Waals surface area contributed by atoms with Crippen LogP contribution in [0.2, 0.25) is 0 Å². The Morgan fingerprint density at radius 3 is 2.50 bits per heavy atom. The number of nitrogens with two attached hydrogens (primary N) is 1. The van der Waals surface area contributed by atoms with E-state index in [1.54, 1.807) is 14.2 Å². The van der Waals surface area contributed by atoms with Crippen LogP contribution in [0.5, 0.6) is 11.5 Å². The van der Waals surface area contributed by atoms with Crippen molar-refractivity contribution >= 4 is 0 Å². The highest BCUT2D eigenvalue weighted by Gasteiger charge is 2.10. The van der Waals surface area contributed by atoms with Crippen LogP contribution in [0.4, 0.5) is 0 Å². The van der Waals surface area contributed by atoms with Gasteiger partial charge in [0.15, 0.2) is 0 Å². The van der Waals surface area contributed by atoms with Gasteiger partial charge >= 0.3 is 0 Å². The van der Waals surface area contributed by atoms with Crippen LogP contribution in [0.3, 0.4) is 0 Å². The molecule has 1 atom stereocenters. The lowest BCUT2D eigenvalue weighted by molar-refractivity contribution is 0.394. The molecule has 0 radical (unpaired) electrons. The van der Waals surface area contributed by atoms with Crippen molar-refractivity contribution in [1.82, 2.24) is 0 Å². The van der Waals surface area contributed by atoms with Gasteiger partial charge in [0.1, 0.15) is 11.5 Å². The van der Waals surface area contributed by atoms with E-state index in [1.165, 1.54) is 0 Å². The minimum Gasteiger partial charge on any atom is -0.497 e. The lowest BCUT2D eigenvalue weighted by Crippen LogP contribution is -2.10. The number of hydrogen-bond acceptors (Lipinski definition) is 3. The predicted octanol–water partition coefficient (Wildman–Crippen LogP) is 2.11. The van der Waals surface area contributed by atoms with Gasteiger partial charge in [0.25, 0.3) is 0 Å². The molecule has 0 saturated carbocycles. The zero-order chi connectivity index (χ0) is 10.6. The third-order valence-electron chi connectivity index (χ3n) is 2.28. The van der Waals surface area contributed by atoms with E-state index in [-0.39, 0.29) is 6.04 Å². The molecule has 0 aliphatic carbocycles. The summed E-state index contributed by atoms with van der Waals surface area (Å²) in [5.41, 5.74) is 6.95. The largest absolute Gasteiger partial charge is 0.497 e. The molecule has 1 unspecified atom stereocenters. The summed E-state index contributed by atoms with van der Waals surface area (Å²) >= 11 is 0. The van der Waals surface area contributed by atoms with Crippen LogP contribution < -0.4 is 15.2 Å². The fourth-order valence-corrected chi connectivity index (χ4v) is 1.35. The molecule has 0 saturated heterocycles. The third-order valence-corrected chi connectivity index (χ3v) is 2.28. The number of rotatable bonds is 4. The first-order valence-corrected chi connectivity index (χ1v) is 4.70. The zero-order valence-electron chi connectivity index (χ0n) is 8.91. The van der Waals surface area contributed by atoms with Crippen LogP contribution in [0, 0.1) is 0 Å². The molecular weight excluding hydrogens is 178 g/mol. The maximum atomic E-state index is 5.96. The second kappa shape index (κ2) is 4.86. The Morgan fingerprint density at radius 1 is 1.29 bits per heavy atom. The van der Waals surface area contributed by atoms with Crippen LogP contribution >= 0.6 is 0 Å². The van der Waals surface area contributed by atoms with Crippen LogP contribution in [0.25, 0.3) is 0 Å². The molecule has 0 aliphatic rings. The minimum absolute atomic E-state index is 0.0000463. The standard InChI is InChI=1S/C11H17NO2/c1-4-10(12)9-7-8(13-2)5-6-11(9)14-3/h5-7,10H,4,12H2,1-3H3. The van der Waals surface area contributed by atoms with Gasteiger partial charge in [-0.1, -0.05) is 6.92 Å². The van der Waals surface area contributed by atoms with E-state index in [2.05, 4.69) is 0 Å². The molecule has 0 fully saturated rings. The van der Waals surface area contributed by atoms with Crippen LogP contribution in [0.1, 0.15) is 24.9 Å². The van der Waals surface area contributed by atoms with E-state index in [9.17, 15) is 0 Å². The summed E-state index contributed by atoms with van der Waals surface area (Å²) in [6.45, 7) is 2.05. The van der Waals surface area contributed by atoms with Gasteiger partial charge in [-0.15, -0.1) is 0 Å². The van der Waals surface area contributed by atoms with Crippen molar-refractivity contribution in [3.63, 3.8) is 0 Å². The van der Waals surface area contributed by atoms with Gasteiger partial charge in [0, 0.05) is 11.6 Å². The molecule has 78 valence electrons. The third kappa shape index (κ3) is 2.17. The average Bonchev–Trinajstić information content (AvgIpc) is 2.27. The monoisotopic (exact) mass is 195 g/mol. The van der Waals surface area contributed by atoms with Crippen molar-refractivity contribution in [1.29, 1.82) is 0 Å². The SMILES string of the molecule is CCC(N)c1cc(OC)ccc1OC. The fraction of sp³-hybridized carbons (Fsp3) is 0.455. The summed E-state index contributed by atoms with van der Waals surface area (Å²) in [6.07, 6.45) is 0.878. The zero-order valence-corrected chi connectivity index (χ0v) is 8.91. The van der Waals surface area contributed by atoms with E-state index in [1.807, 2.05) is 25.1 Å². The Morgan fingerprint density at radius 2 is 2.00 bits per heavy atom. The quantitative estimate of drug-likeness (QED) is 0.800. The van der Waals surface area contributed by atoms with Crippen molar-refractivity contribution in [3.05, 3.63) is 23.8 Å². The summed E-state index contributed by atoms with van der Waals surface area (Å²) < 4.78 is 10.4. The number of ether oxygens (including phenoxy) is 2. The lowest BCUT2D eigenvalue weighted by atomic mass is 10.0. The van der Waals surface area contributed by atoms with Crippen molar-refractivity contribution in [2.75, 3.05) is 14.2 Å². The molecule has 0 bridgehead atoms. The normalized spacial score (nSPS) is 12.3. The van der Waals surface area contributed by atoms with Gasteiger partial charge in [-0.25, -0.2) is 0 Å². The second-order valence-electron chi connectivity index (χ2n) is 3.12. The average molecular weight is 195 g/mol. The maximum absolute atomic E-state index is 5.96. The summed E-state index contributed by atoms with van der Waals surface area (Å²) in [5.74, 6) is 1.63. The van der Waals surface area contributed by atoms with E-state index >= 15 is 0 Å². The van der Waals surface area contributed by atoms with Gasteiger partial charge < -0.3 is 15.2 Å². The van der Waals surface area contributed by atoms with E-state index in [4.69, 9.17) is 15.2 Å². The smallest absolute Gasteiger partial charge is 0.123 e. The Bertz CT molecular complexity index is 299. The molecule has 3 heteroatoms. The molecule has 0 heterocycles. The molecule has 14 heavy (non-hydrogen) atoms. The molecule has 0 aromatic heterocycles. The van der Waals surface area contributed by atoms with Crippen molar-refractivity contribution in [3.8, 4) is 11.5 Å². The van der Waals surface area contributed by atoms with Crippen molar-refractivity contribution < 1.29 is 9.47 Å². The van der Waals surface area contributed by atoms with E-state index in [0.717, 1.165) is 23.5 Å². The summed E-state index contributed by atoms with van der Waals surface area (Å²) in [7, 11) is 3.29. The molecule has 0 spiro atoms. The lowest BCUT2D eigenvalue weighted by Gasteiger charge is -2.14. The summed E-state index contributed by atoms with van der Waals surface area (Å²) in [6, 6.07) is 5.67. The van der Waals surface area contributed by atoms with Gasteiger partial charge in [0.2, 0.25) is 0 Å². The second-order valence-corrected chi connectivity index (χ2v) is 3.12. The number of benzene rings is 1. The molecule has 1 aromatic rings. The van der Waals surface area contributed by atoms with Crippen LogP contribution in [-0.4, -0.2) is 14.2 Å². The Hall–Kier alpha value is -1.22. The Kier molecular flexibility index (Phi) is 3.77. The van der Waals surface area contributed by atoms with Crippen molar-refractivity contribution in [2.24, 2.45) is 5.73 Å². The van der Waals surface area contributed by atoms with Gasteiger partial charge in [-0.2, -0.15) is 0 Å². The van der Waals surface area contributed by atoms with Gasteiger partial charge in [0.05, 0.1) is 14.2 Å².